The Balaban J connectivity index is 2.30. The number of rotatable bonds is 6. The van der Waals surface area contributed by atoms with E-state index in [2.05, 4.69) is 15.6 Å². The summed E-state index contributed by atoms with van der Waals surface area (Å²) in [7, 11) is 4.95. The second-order valence-corrected chi connectivity index (χ2v) is 5.73. The fourth-order valence-corrected chi connectivity index (χ4v) is 3.13. The Kier molecular flexibility index (Phi) is 5.54. The molecule has 23 heavy (non-hydrogen) atoms. The lowest BCUT2D eigenvalue weighted by Crippen LogP contribution is -2.53. The van der Waals surface area contributed by atoms with Crippen LogP contribution in [0.1, 0.15) is 29.8 Å². The first-order chi connectivity index (χ1) is 11.1. The molecule has 1 atom stereocenters. The summed E-state index contributed by atoms with van der Waals surface area (Å²) in [5, 5.41) is 5.56. The highest BCUT2D eigenvalue weighted by Crippen LogP contribution is 2.34. The molecule has 0 spiro atoms. The van der Waals surface area contributed by atoms with Crippen LogP contribution in [0, 0.1) is 0 Å². The molecule has 0 unspecified atom stereocenters. The molecule has 0 aliphatic carbocycles. The van der Waals surface area contributed by atoms with Crippen molar-refractivity contribution < 1.29 is 14.3 Å². The molecule has 0 aromatic carbocycles. The Morgan fingerprint density at radius 1 is 1.39 bits per heavy atom. The van der Waals surface area contributed by atoms with Gasteiger partial charge < -0.3 is 20.3 Å². The van der Waals surface area contributed by atoms with Crippen LogP contribution in [0.15, 0.2) is 18.2 Å². The second-order valence-electron chi connectivity index (χ2n) is 5.73. The molecule has 7 heteroatoms. The molecular formula is C16H24N4O3. The van der Waals surface area contributed by atoms with Crippen LogP contribution >= 0.6 is 0 Å². The minimum atomic E-state index is -0.608. The van der Waals surface area contributed by atoms with Gasteiger partial charge in [0.15, 0.2) is 0 Å². The molecule has 0 radical (unpaired) electrons. The van der Waals surface area contributed by atoms with Crippen molar-refractivity contribution in [2.75, 3.05) is 39.7 Å². The van der Waals surface area contributed by atoms with Gasteiger partial charge in [-0.15, -0.1) is 0 Å². The van der Waals surface area contributed by atoms with Crippen LogP contribution in [-0.2, 0) is 9.53 Å². The second kappa shape index (κ2) is 7.41. The summed E-state index contributed by atoms with van der Waals surface area (Å²) in [6.45, 7) is 0.933. The lowest BCUT2D eigenvalue weighted by molar-refractivity contribution is -0.123. The van der Waals surface area contributed by atoms with Crippen molar-refractivity contribution in [1.29, 1.82) is 0 Å². The van der Waals surface area contributed by atoms with Gasteiger partial charge in [-0.3, -0.25) is 9.59 Å². The number of hydrogen-bond donors (Lipinski definition) is 2. The number of hydrogen-bond acceptors (Lipinski definition) is 5. The van der Waals surface area contributed by atoms with Gasteiger partial charge in [-0.05, 0) is 25.0 Å². The third-order valence-corrected chi connectivity index (χ3v) is 4.25. The van der Waals surface area contributed by atoms with Crippen molar-refractivity contribution >= 4 is 17.6 Å². The van der Waals surface area contributed by atoms with E-state index >= 15 is 0 Å². The molecule has 2 rings (SSSR count). The van der Waals surface area contributed by atoms with E-state index in [9.17, 15) is 9.59 Å². The highest BCUT2D eigenvalue weighted by atomic mass is 16.5. The van der Waals surface area contributed by atoms with Crippen molar-refractivity contribution in [2.45, 2.75) is 24.8 Å². The maximum atomic E-state index is 12.9. The van der Waals surface area contributed by atoms with E-state index in [1.165, 1.54) is 0 Å². The fourth-order valence-electron chi connectivity index (χ4n) is 3.13. The summed E-state index contributed by atoms with van der Waals surface area (Å²) in [5.41, 5.74) is -0.236. The van der Waals surface area contributed by atoms with E-state index in [0.29, 0.717) is 24.7 Å². The van der Waals surface area contributed by atoms with Gasteiger partial charge in [0.25, 0.3) is 5.91 Å². The Morgan fingerprint density at radius 3 is 2.83 bits per heavy atom. The Hall–Kier alpha value is -2.15. The van der Waals surface area contributed by atoms with E-state index in [1.54, 1.807) is 44.3 Å². The Morgan fingerprint density at radius 2 is 2.17 bits per heavy atom. The maximum Gasteiger partial charge on any atom is 0.273 e. The molecule has 1 aromatic rings. The Bertz CT molecular complexity index is 578. The van der Waals surface area contributed by atoms with E-state index in [0.717, 1.165) is 12.8 Å². The molecule has 2 amide bonds. The van der Waals surface area contributed by atoms with Gasteiger partial charge in [-0.25, -0.2) is 4.98 Å². The first kappa shape index (κ1) is 17.2. The highest BCUT2D eigenvalue weighted by Gasteiger charge is 2.45. The quantitative estimate of drug-likeness (QED) is 0.813. The average Bonchev–Trinajstić information content (AvgIpc) is 2.97. The van der Waals surface area contributed by atoms with Crippen molar-refractivity contribution in [2.24, 2.45) is 0 Å². The minimum absolute atomic E-state index is 0.0984. The molecule has 0 bridgehead atoms. The zero-order valence-electron chi connectivity index (χ0n) is 13.9. The molecular weight excluding hydrogens is 296 g/mol. The summed E-state index contributed by atoms with van der Waals surface area (Å²) in [5.74, 6) is 0.373. The number of likely N-dealkylation sites (tertiary alicyclic amines) is 1. The lowest BCUT2D eigenvalue weighted by Gasteiger charge is -2.37. The number of carbonyl (C=O) groups excluding carboxylic acids is 2. The lowest BCUT2D eigenvalue weighted by atomic mass is 9.92. The zero-order chi connectivity index (χ0) is 16.9. The van der Waals surface area contributed by atoms with Gasteiger partial charge in [0, 0.05) is 27.7 Å². The maximum absolute atomic E-state index is 12.9. The first-order valence-corrected chi connectivity index (χ1v) is 7.72. The number of amides is 2. The molecule has 1 fully saturated rings. The number of nitrogens with zero attached hydrogens (tertiary/aromatic N) is 2. The van der Waals surface area contributed by atoms with Gasteiger partial charge >= 0.3 is 0 Å². The van der Waals surface area contributed by atoms with Crippen LogP contribution in [0.25, 0.3) is 0 Å². The summed E-state index contributed by atoms with van der Waals surface area (Å²) in [6.07, 6.45) is 1.82. The molecule has 0 saturated carbocycles. The first-order valence-electron chi connectivity index (χ1n) is 7.72. The van der Waals surface area contributed by atoms with Crippen LogP contribution in [0.5, 0.6) is 0 Å². The highest BCUT2D eigenvalue weighted by molar-refractivity contribution is 5.94. The van der Waals surface area contributed by atoms with Crippen LogP contribution in [0.4, 0.5) is 5.82 Å². The van der Waals surface area contributed by atoms with Gasteiger partial charge in [-0.1, -0.05) is 6.07 Å². The number of aromatic nitrogens is 1. The van der Waals surface area contributed by atoms with Gasteiger partial charge in [0.2, 0.25) is 5.91 Å². The number of anilines is 1. The van der Waals surface area contributed by atoms with Crippen molar-refractivity contribution in [3.63, 3.8) is 0 Å². The molecule has 2 heterocycles. The summed E-state index contributed by atoms with van der Waals surface area (Å²) in [6, 6.07) is 5.28. The SMILES string of the molecule is CNC(=O)C[C@]1(COC)CCCN1C(=O)c1cccc(NC)n1. The molecule has 126 valence electrons. The van der Waals surface area contributed by atoms with Crippen molar-refractivity contribution in [3.8, 4) is 0 Å². The summed E-state index contributed by atoms with van der Waals surface area (Å²) < 4.78 is 5.33. The zero-order valence-corrected chi connectivity index (χ0v) is 13.9. The molecule has 1 aromatic heterocycles. The third-order valence-electron chi connectivity index (χ3n) is 4.25. The molecule has 1 aliphatic heterocycles. The minimum Gasteiger partial charge on any atom is -0.382 e. The molecule has 7 nitrogen and oxygen atoms in total. The average molecular weight is 320 g/mol. The monoisotopic (exact) mass is 320 g/mol. The van der Waals surface area contributed by atoms with Crippen LogP contribution in [0.2, 0.25) is 0 Å². The van der Waals surface area contributed by atoms with Crippen LogP contribution < -0.4 is 10.6 Å². The van der Waals surface area contributed by atoms with E-state index in [4.69, 9.17) is 4.74 Å². The molecule has 1 saturated heterocycles. The van der Waals surface area contributed by atoms with E-state index in [-0.39, 0.29) is 18.2 Å². The summed E-state index contributed by atoms with van der Waals surface area (Å²) in [4.78, 5) is 30.9. The number of ether oxygens (including phenoxy) is 1. The van der Waals surface area contributed by atoms with E-state index < -0.39 is 5.54 Å². The standard InChI is InChI=1S/C16H24N4O3/c1-17-13-7-4-6-12(19-13)15(22)20-9-5-8-16(20,11-23-3)10-14(21)18-2/h4,6-7H,5,8-11H2,1-3H3,(H,17,19)(H,18,21)/t16-/m0/s1. The largest absolute Gasteiger partial charge is 0.382 e. The fraction of sp³-hybridized carbons (Fsp3) is 0.562. The number of carbonyl (C=O) groups is 2. The number of pyridine rings is 1. The number of methoxy groups -OCH3 is 1. The van der Waals surface area contributed by atoms with Gasteiger partial charge in [-0.2, -0.15) is 0 Å². The predicted molar refractivity (Wildman–Crippen MR) is 87.3 cm³/mol. The number of nitrogens with one attached hydrogen (secondary N) is 2. The predicted octanol–water partition coefficient (Wildman–Crippen LogP) is 0.881. The smallest absolute Gasteiger partial charge is 0.273 e. The van der Waals surface area contributed by atoms with Gasteiger partial charge in [0.05, 0.1) is 18.6 Å². The molecule has 1 aliphatic rings. The van der Waals surface area contributed by atoms with Crippen molar-refractivity contribution in [3.05, 3.63) is 23.9 Å². The van der Waals surface area contributed by atoms with Crippen LogP contribution in [-0.4, -0.2) is 61.6 Å². The Labute approximate surface area is 136 Å². The van der Waals surface area contributed by atoms with E-state index in [1.807, 2.05) is 0 Å². The van der Waals surface area contributed by atoms with Crippen molar-refractivity contribution in [1.82, 2.24) is 15.2 Å². The topological polar surface area (TPSA) is 83.6 Å². The molecule has 2 N–H and O–H groups in total. The van der Waals surface area contributed by atoms with Gasteiger partial charge in [0.1, 0.15) is 11.5 Å². The normalized spacial score (nSPS) is 20.4. The summed E-state index contributed by atoms with van der Waals surface area (Å²) >= 11 is 0. The third kappa shape index (κ3) is 3.61. The van der Waals surface area contributed by atoms with Crippen LogP contribution in [0.3, 0.4) is 0 Å².